The first-order valence-electron chi connectivity index (χ1n) is 6.11. The number of pyridine rings is 1. The lowest BCUT2D eigenvalue weighted by Gasteiger charge is -2.06. The summed E-state index contributed by atoms with van der Waals surface area (Å²) in [5, 5.41) is 3.15. The van der Waals surface area contributed by atoms with Crippen LogP contribution in [0.5, 0.6) is 0 Å². The fourth-order valence-electron chi connectivity index (χ4n) is 1.66. The lowest BCUT2D eigenvalue weighted by atomic mass is 10.3. The summed E-state index contributed by atoms with van der Waals surface area (Å²) in [4.78, 5) is 23.0. The quantitative estimate of drug-likeness (QED) is 0.777. The predicted molar refractivity (Wildman–Crippen MR) is 79.4 cm³/mol. The van der Waals surface area contributed by atoms with Crippen LogP contribution in [-0.4, -0.2) is 35.2 Å². The zero-order valence-electron chi connectivity index (χ0n) is 11.0. The maximum atomic E-state index is 11.7. The molecule has 7 heteroatoms. The van der Waals surface area contributed by atoms with Crippen LogP contribution in [0.15, 0.2) is 33.7 Å². The number of aromatic amines is 1. The Labute approximate surface area is 124 Å². The van der Waals surface area contributed by atoms with Gasteiger partial charge in [0.2, 0.25) is 0 Å². The molecule has 0 amide bonds. The first-order chi connectivity index (χ1) is 9.70. The maximum absolute atomic E-state index is 11.7. The highest BCUT2D eigenvalue weighted by molar-refractivity contribution is 9.10. The number of rotatable bonds is 6. The summed E-state index contributed by atoms with van der Waals surface area (Å²) < 4.78 is 5.73. The SMILES string of the molecule is COCCNCc1cc(=O)[nH]c(-c2ncccc2Br)n1. The molecular formula is C13H15BrN4O2. The first kappa shape index (κ1) is 14.8. The Kier molecular flexibility index (Phi) is 5.40. The van der Waals surface area contributed by atoms with Gasteiger partial charge in [0.05, 0.1) is 12.3 Å². The van der Waals surface area contributed by atoms with Gasteiger partial charge < -0.3 is 15.0 Å². The lowest BCUT2D eigenvalue weighted by molar-refractivity contribution is 0.199. The normalized spacial score (nSPS) is 10.7. The molecule has 6 nitrogen and oxygen atoms in total. The Morgan fingerprint density at radius 1 is 1.50 bits per heavy atom. The largest absolute Gasteiger partial charge is 0.383 e. The Bertz CT molecular complexity index is 630. The number of hydrogen-bond acceptors (Lipinski definition) is 5. The van der Waals surface area contributed by atoms with Crippen LogP contribution in [0, 0.1) is 0 Å². The molecule has 0 aliphatic carbocycles. The van der Waals surface area contributed by atoms with E-state index in [9.17, 15) is 4.79 Å². The van der Waals surface area contributed by atoms with Gasteiger partial charge in [0.1, 0.15) is 5.69 Å². The summed E-state index contributed by atoms with van der Waals surface area (Å²) in [6.45, 7) is 1.82. The number of H-pyrrole nitrogens is 1. The van der Waals surface area contributed by atoms with Crippen LogP contribution >= 0.6 is 15.9 Å². The van der Waals surface area contributed by atoms with Crippen LogP contribution in [0.2, 0.25) is 0 Å². The maximum Gasteiger partial charge on any atom is 0.251 e. The number of halogens is 1. The molecule has 0 unspecified atom stereocenters. The molecule has 0 aromatic carbocycles. The molecule has 2 rings (SSSR count). The fourth-order valence-corrected chi connectivity index (χ4v) is 2.10. The topological polar surface area (TPSA) is 79.9 Å². The van der Waals surface area contributed by atoms with Crippen molar-refractivity contribution in [1.82, 2.24) is 20.3 Å². The molecule has 0 spiro atoms. The second-order valence-corrected chi connectivity index (χ2v) is 4.94. The molecule has 2 N–H and O–H groups in total. The summed E-state index contributed by atoms with van der Waals surface area (Å²) in [5.41, 5.74) is 1.08. The monoisotopic (exact) mass is 338 g/mol. The van der Waals surface area contributed by atoms with Crippen LogP contribution in [0.4, 0.5) is 0 Å². The minimum absolute atomic E-state index is 0.198. The van der Waals surface area contributed by atoms with Crippen molar-refractivity contribution in [2.24, 2.45) is 0 Å². The minimum atomic E-state index is -0.198. The Morgan fingerprint density at radius 3 is 3.10 bits per heavy atom. The molecule has 0 bridgehead atoms. The van der Waals surface area contributed by atoms with Crippen molar-refractivity contribution < 1.29 is 4.74 Å². The van der Waals surface area contributed by atoms with Gasteiger partial charge in [0, 0.05) is 36.9 Å². The van der Waals surface area contributed by atoms with Crippen molar-refractivity contribution in [3.8, 4) is 11.5 Å². The highest BCUT2D eigenvalue weighted by Gasteiger charge is 2.08. The molecule has 2 heterocycles. The molecular weight excluding hydrogens is 324 g/mol. The predicted octanol–water partition coefficient (Wildman–Crippen LogP) is 1.33. The van der Waals surface area contributed by atoms with Crippen molar-refractivity contribution in [2.45, 2.75) is 6.54 Å². The zero-order chi connectivity index (χ0) is 14.4. The average molecular weight is 339 g/mol. The van der Waals surface area contributed by atoms with Gasteiger partial charge in [-0.3, -0.25) is 9.78 Å². The van der Waals surface area contributed by atoms with E-state index in [4.69, 9.17) is 4.74 Å². The average Bonchev–Trinajstić information content (AvgIpc) is 2.43. The molecule has 106 valence electrons. The van der Waals surface area contributed by atoms with Gasteiger partial charge in [-0.15, -0.1) is 0 Å². The number of methoxy groups -OCH3 is 1. The molecule has 0 aliphatic rings. The van der Waals surface area contributed by atoms with Gasteiger partial charge in [-0.25, -0.2) is 4.98 Å². The van der Waals surface area contributed by atoms with Gasteiger partial charge in [0.15, 0.2) is 5.82 Å². The van der Waals surface area contributed by atoms with E-state index in [1.165, 1.54) is 6.07 Å². The second-order valence-electron chi connectivity index (χ2n) is 4.09. The highest BCUT2D eigenvalue weighted by atomic mass is 79.9. The van der Waals surface area contributed by atoms with E-state index >= 15 is 0 Å². The van der Waals surface area contributed by atoms with Crippen LogP contribution in [0.25, 0.3) is 11.5 Å². The third-order valence-electron chi connectivity index (χ3n) is 2.57. The van der Waals surface area contributed by atoms with E-state index in [-0.39, 0.29) is 5.56 Å². The van der Waals surface area contributed by atoms with Gasteiger partial charge in [-0.2, -0.15) is 0 Å². The molecule has 20 heavy (non-hydrogen) atoms. The number of nitrogens with zero attached hydrogens (tertiary/aromatic N) is 2. The van der Waals surface area contributed by atoms with E-state index in [1.807, 2.05) is 12.1 Å². The van der Waals surface area contributed by atoms with Crippen LogP contribution in [-0.2, 0) is 11.3 Å². The Hall–Kier alpha value is -1.57. The molecule has 2 aromatic heterocycles. The van der Waals surface area contributed by atoms with Gasteiger partial charge >= 0.3 is 0 Å². The number of nitrogens with one attached hydrogen (secondary N) is 2. The minimum Gasteiger partial charge on any atom is -0.383 e. The fraction of sp³-hybridized carbons (Fsp3) is 0.308. The summed E-state index contributed by atoms with van der Waals surface area (Å²) in [7, 11) is 1.64. The van der Waals surface area contributed by atoms with E-state index in [1.54, 1.807) is 13.3 Å². The molecule has 0 radical (unpaired) electrons. The Morgan fingerprint density at radius 2 is 2.35 bits per heavy atom. The summed E-state index contributed by atoms with van der Waals surface area (Å²) in [6, 6.07) is 5.13. The third kappa shape index (κ3) is 3.96. The van der Waals surface area contributed by atoms with E-state index in [0.29, 0.717) is 36.9 Å². The number of hydrogen-bond donors (Lipinski definition) is 2. The van der Waals surface area contributed by atoms with Crippen LogP contribution < -0.4 is 10.9 Å². The van der Waals surface area contributed by atoms with Crippen molar-refractivity contribution >= 4 is 15.9 Å². The van der Waals surface area contributed by atoms with Gasteiger partial charge in [0.25, 0.3) is 5.56 Å². The third-order valence-corrected chi connectivity index (χ3v) is 3.21. The molecule has 0 atom stereocenters. The number of aromatic nitrogens is 3. The van der Waals surface area contributed by atoms with Gasteiger partial charge in [-0.1, -0.05) is 0 Å². The van der Waals surface area contributed by atoms with E-state index in [0.717, 1.165) is 4.47 Å². The van der Waals surface area contributed by atoms with Crippen molar-refractivity contribution in [1.29, 1.82) is 0 Å². The summed E-state index contributed by atoms with van der Waals surface area (Å²) >= 11 is 3.40. The van der Waals surface area contributed by atoms with Crippen LogP contribution in [0.1, 0.15) is 5.69 Å². The second kappa shape index (κ2) is 7.28. The standard InChI is InChI=1S/C13H15BrN4O2/c1-20-6-5-15-8-9-7-11(19)18-13(17-9)12-10(14)3-2-4-16-12/h2-4,7,15H,5-6,8H2,1H3,(H,17,18,19). The number of ether oxygens (including phenoxy) is 1. The molecule has 0 fully saturated rings. The van der Waals surface area contributed by atoms with E-state index < -0.39 is 0 Å². The zero-order valence-corrected chi connectivity index (χ0v) is 12.6. The molecule has 0 aliphatic heterocycles. The van der Waals surface area contributed by atoms with Gasteiger partial charge in [-0.05, 0) is 28.1 Å². The smallest absolute Gasteiger partial charge is 0.251 e. The van der Waals surface area contributed by atoms with Crippen LogP contribution in [0.3, 0.4) is 0 Å². The Balaban J connectivity index is 2.21. The molecule has 0 saturated heterocycles. The van der Waals surface area contributed by atoms with E-state index in [2.05, 4.69) is 36.2 Å². The molecule has 0 saturated carbocycles. The lowest BCUT2D eigenvalue weighted by Crippen LogP contribution is -2.21. The highest BCUT2D eigenvalue weighted by Crippen LogP contribution is 2.21. The van der Waals surface area contributed by atoms with Crippen molar-refractivity contribution in [3.63, 3.8) is 0 Å². The first-order valence-corrected chi connectivity index (χ1v) is 6.91. The van der Waals surface area contributed by atoms with Crippen molar-refractivity contribution in [2.75, 3.05) is 20.3 Å². The summed E-state index contributed by atoms with van der Waals surface area (Å²) in [5.74, 6) is 0.452. The molecule has 2 aromatic rings. The van der Waals surface area contributed by atoms with Crippen molar-refractivity contribution in [3.05, 3.63) is 44.9 Å². The summed E-state index contributed by atoms with van der Waals surface area (Å²) in [6.07, 6.45) is 1.66.